The summed E-state index contributed by atoms with van der Waals surface area (Å²) in [4.78, 5) is 17.1. The van der Waals surface area contributed by atoms with Crippen molar-refractivity contribution < 1.29 is 4.79 Å². The van der Waals surface area contributed by atoms with Crippen molar-refractivity contribution >= 4 is 36.4 Å². The summed E-state index contributed by atoms with van der Waals surface area (Å²) in [6, 6.07) is 19.0. The molecule has 3 rings (SSSR count). The van der Waals surface area contributed by atoms with Crippen molar-refractivity contribution in [1.29, 1.82) is 0 Å². The number of nitrogen functional groups attached to an aromatic ring is 1. The van der Waals surface area contributed by atoms with Crippen molar-refractivity contribution in [2.75, 3.05) is 19.3 Å². The van der Waals surface area contributed by atoms with E-state index in [2.05, 4.69) is 42.2 Å². The summed E-state index contributed by atoms with van der Waals surface area (Å²) in [5.74, 6) is 0.184. The van der Waals surface area contributed by atoms with E-state index in [-0.39, 0.29) is 30.7 Å². The van der Waals surface area contributed by atoms with E-state index < -0.39 is 0 Å². The average Bonchev–Trinajstić information content (AvgIpc) is 2.65. The number of carbonyl (C=O) groups excluding carboxylic acids is 1. The molecule has 0 bridgehead atoms. The van der Waals surface area contributed by atoms with Crippen molar-refractivity contribution in [3.63, 3.8) is 0 Å². The number of hydrogen-bond donors (Lipinski definition) is 1. The molecule has 154 valence electrons. The molecule has 6 heteroatoms. The number of hydrogen-bond acceptors (Lipinski definition) is 3. The van der Waals surface area contributed by atoms with E-state index in [0.717, 1.165) is 37.2 Å². The fourth-order valence-corrected chi connectivity index (χ4v) is 3.74. The summed E-state index contributed by atoms with van der Waals surface area (Å²) < 4.78 is 0. The molecule has 1 aliphatic heterocycles. The molecule has 2 N–H and O–H groups in total. The predicted molar refractivity (Wildman–Crippen MR) is 121 cm³/mol. The summed E-state index contributed by atoms with van der Waals surface area (Å²) in [5.41, 5.74) is 8.82. The summed E-state index contributed by atoms with van der Waals surface area (Å²) in [5, 5.41) is 0. The second kappa shape index (κ2) is 11.3. The van der Waals surface area contributed by atoms with Gasteiger partial charge in [0.15, 0.2) is 0 Å². The van der Waals surface area contributed by atoms with Crippen LogP contribution in [0.4, 0.5) is 5.69 Å². The molecule has 2 unspecified atom stereocenters. The Morgan fingerprint density at radius 3 is 2.32 bits per heavy atom. The van der Waals surface area contributed by atoms with Crippen LogP contribution in [0.15, 0.2) is 54.6 Å². The Labute approximate surface area is 180 Å². The number of likely N-dealkylation sites (N-methyl/N-ethyl adjacent to an activating group) is 1. The normalized spacial score (nSPS) is 19.2. The number of nitrogens with two attached hydrogens (primary N) is 1. The minimum absolute atomic E-state index is 0. The largest absolute Gasteiger partial charge is 0.399 e. The number of nitrogens with zero attached hydrogens (tertiary/aromatic N) is 2. The molecule has 1 saturated heterocycles. The molecule has 28 heavy (non-hydrogen) atoms. The molecule has 1 heterocycles. The van der Waals surface area contributed by atoms with Crippen molar-refractivity contribution in [2.24, 2.45) is 0 Å². The molecule has 0 saturated carbocycles. The second-order valence-corrected chi connectivity index (χ2v) is 7.41. The van der Waals surface area contributed by atoms with E-state index >= 15 is 0 Å². The van der Waals surface area contributed by atoms with E-state index in [9.17, 15) is 4.79 Å². The van der Waals surface area contributed by atoms with Crippen molar-refractivity contribution in [2.45, 2.75) is 44.8 Å². The van der Waals surface area contributed by atoms with Gasteiger partial charge in [0.05, 0.1) is 6.42 Å². The van der Waals surface area contributed by atoms with Gasteiger partial charge in [0.2, 0.25) is 5.91 Å². The van der Waals surface area contributed by atoms with Gasteiger partial charge in [-0.25, -0.2) is 0 Å². The van der Waals surface area contributed by atoms with E-state index in [1.165, 1.54) is 5.56 Å². The fraction of sp³-hybridized carbons (Fsp3) is 0.409. The highest BCUT2D eigenvalue weighted by atomic mass is 35.5. The maximum atomic E-state index is 12.7. The predicted octanol–water partition coefficient (Wildman–Crippen LogP) is 4.17. The highest BCUT2D eigenvalue weighted by molar-refractivity contribution is 5.85. The zero-order valence-corrected chi connectivity index (χ0v) is 18.2. The quantitative estimate of drug-likeness (QED) is 0.734. The van der Waals surface area contributed by atoms with Crippen LogP contribution in [0.1, 0.15) is 30.9 Å². The lowest BCUT2D eigenvalue weighted by molar-refractivity contribution is -0.132. The van der Waals surface area contributed by atoms with E-state index in [1.807, 2.05) is 36.2 Å². The van der Waals surface area contributed by atoms with Gasteiger partial charge in [0.1, 0.15) is 0 Å². The van der Waals surface area contributed by atoms with Crippen LogP contribution in [0.25, 0.3) is 0 Å². The Morgan fingerprint density at radius 1 is 1.07 bits per heavy atom. The molecule has 0 spiro atoms. The Kier molecular flexibility index (Phi) is 9.80. The Hall–Kier alpha value is -1.75. The number of amides is 1. The molecular weight excluding hydrogens is 393 g/mol. The van der Waals surface area contributed by atoms with E-state index in [4.69, 9.17) is 5.73 Å². The first-order valence-electron chi connectivity index (χ1n) is 9.41. The van der Waals surface area contributed by atoms with Crippen LogP contribution in [0, 0.1) is 0 Å². The lowest BCUT2D eigenvalue weighted by atomic mass is 9.96. The maximum Gasteiger partial charge on any atom is 0.226 e. The minimum Gasteiger partial charge on any atom is -0.399 e. The smallest absolute Gasteiger partial charge is 0.226 e. The number of rotatable bonds is 5. The van der Waals surface area contributed by atoms with Crippen molar-refractivity contribution in [3.8, 4) is 0 Å². The van der Waals surface area contributed by atoms with Gasteiger partial charge in [-0.2, -0.15) is 0 Å². The Bertz CT molecular complexity index is 724. The monoisotopic (exact) mass is 423 g/mol. The molecule has 1 amide bonds. The summed E-state index contributed by atoms with van der Waals surface area (Å²) in [7, 11) is 1.95. The Morgan fingerprint density at radius 2 is 1.71 bits per heavy atom. The third-order valence-electron chi connectivity index (χ3n) is 5.49. The summed E-state index contributed by atoms with van der Waals surface area (Å²) >= 11 is 0. The lowest BCUT2D eigenvalue weighted by Crippen LogP contribution is -2.49. The SMILES string of the molecule is CC1CC(N(C)C(=O)Cc2ccc(N)cc2)CCN1Cc1ccccc1.Cl.Cl. The first-order valence-corrected chi connectivity index (χ1v) is 9.41. The first-order chi connectivity index (χ1) is 12.5. The van der Waals surface area contributed by atoms with Crippen LogP contribution in [-0.4, -0.2) is 41.4 Å². The molecule has 1 fully saturated rings. The zero-order chi connectivity index (χ0) is 18.5. The molecule has 4 nitrogen and oxygen atoms in total. The number of anilines is 1. The van der Waals surface area contributed by atoms with Gasteiger partial charge in [-0.1, -0.05) is 42.5 Å². The molecule has 2 aromatic rings. The molecule has 2 atom stereocenters. The minimum atomic E-state index is 0. The van der Waals surface area contributed by atoms with Gasteiger partial charge in [-0.15, -0.1) is 24.8 Å². The van der Waals surface area contributed by atoms with Crippen LogP contribution < -0.4 is 5.73 Å². The van der Waals surface area contributed by atoms with Crippen LogP contribution >= 0.6 is 24.8 Å². The van der Waals surface area contributed by atoms with Gasteiger partial charge in [0.25, 0.3) is 0 Å². The van der Waals surface area contributed by atoms with Crippen LogP contribution in [0.5, 0.6) is 0 Å². The first kappa shape index (κ1) is 24.3. The van der Waals surface area contributed by atoms with Gasteiger partial charge in [-0.05, 0) is 43.0 Å². The average molecular weight is 424 g/mol. The van der Waals surface area contributed by atoms with E-state index in [1.54, 1.807) is 0 Å². The molecule has 0 aliphatic carbocycles. The molecule has 0 aromatic heterocycles. The fourth-order valence-electron chi connectivity index (χ4n) is 3.74. The zero-order valence-electron chi connectivity index (χ0n) is 16.6. The van der Waals surface area contributed by atoms with Crippen LogP contribution in [0.3, 0.4) is 0 Å². The molecular formula is C22H31Cl2N3O. The Balaban J connectivity index is 0.00000196. The topological polar surface area (TPSA) is 49.6 Å². The highest BCUT2D eigenvalue weighted by Crippen LogP contribution is 2.23. The summed E-state index contributed by atoms with van der Waals surface area (Å²) in [6.07, 6.45) is 2.49. The third-order valence-corrected chi connectivity index (χ3v) is 5.49. The third kappa shape index (κ3) is 6.40. The molecule has 1 aliphatic rings. The standard InChI is InChI=1S/C22H29N3O.2ClH/c1-17-14-21(12-13-25(17)16-19-6-4-3-5-7-19)24(2)22(26)15-18-8-10-20(23)11-9-18;;/h3-11,17,21H,12-16,23H2,1-2H3;2*1H. The lowest BCUT2D eigenvalue weighted by Gasteiger charge is -2.41. The summed E-state index contributed by atoms with van der Waals surface area (Å²) in [6.45, 7) is 4.28. The second-order valence-electron chi connectivity index (χ2n) is 7.41. The van der Waals surface area contributed by atoms with Gasteiger partial charge < -0.3 is 10.6 Å². The molecule has 0 radical (unpaired) electrons. The number of piperidine rings is 1. The van der Waals surface area contributed by atoms with Crippen LogP contribution in [0.2, 0.25) is 0 Å². The number of carbonyl (C=O) groups is 1. The van der Waals surface area contributed by atoms with Gasteiger partial charge in [-0.3, -0.25) is 9.69 Å². The van der Waals surface area contributed by atoms with Crippen molar-refractivity contribution in [3.05, 3.63) is 65.7 Å². The maximum absolute atomic E-state index is 12.7. The van der Waals surface area contributed by atoms with Crippen molar-refractivity contribution in [1.82, 2.24) is 9.80 Å². The van der Waals surface area contributed by atoms with Crippen LogP contribution in [-0.2, 0) is 17.8 Å². The van der Waals surface area contributed by atoms with Gasteiger partial charge in [0, 0.05) is 37.9 Å². The van der Waals surface area contributed by atoms with Gasteiger partial charge >= 0.3 is 0 Å². The van der Waals surface area contributed by atoms with E-state index in [0.29, 0.717) is 18.5 Å². The number of halogens is 2. The highest BCUT2D eigenvalue weighted by Gasteiger charge is 2.29. The molecule has 2 aromatic carbocycles. The number of benzene rings is 2. The number of likely N-dealkylation sites (tertiary alicyclic amines) is 1.